The van der Waals surface area contributed by atoms with Gasteiger partial charge in [0.2, 0.25) is 0 Å². The van der Waals surface area contributed by atoms with Crippen LogP contribution in [0, 0.1) is 5.41 Å². The highest BCUT2D eigenvalue weighted by Crippen LogP contribution is 2.46. The van der Waals surface area contributed by atoms with E-state index in [4.69, 9.17) is 0 Å². The van der Waals surface area contributed by atoms with Crippen LogP contribution in [0.25, 0.3) is 0 Å². The second kappa shape index (κ2) is 5.80. The molecule has 0 bridgehead atoms. The molecule has 0 unspecified atom stereocenters. The molecule has 1 N–H and O–H groups in total. The van der Waals surface area contributed by atoms with Crippen LogP contribution in [-0.4, -0.2) is 36.4 Å². The van der Waals surface area contributed by atoms with Crippen LogP contribution in [0.4, 0.5) is 11.6 Å². The maximum atomic E-state index is 4.68. The summed E-state index contributed by atoms with van der Waals surface area (Å²) in [7, 11) is 1.92. The molecule has 1 spiro atoms. The van der Waals surface area contributed by atoms with E-state index < -0.39 is 0 Å². The lowest BCUT2D eigenvalue weighted by atomic mass is 9.77. The van der Waals surface area contributed by atoms with Crippen molar-refractivity contribution < 1.29 is 0 Å². The van der Waals surface area contributed by atoms with Gasteiger partial charge in [0.05, 0.1) is 0 Å². The minimum atomic E-state index is 0.664. The Labute approximate surface area is 125 Å². The lowest BCUT2D eigenvalue weighted by molar-refractivity contribution is 0.226. The van der Waals surface area contributed by atoms with E-state index in [2.05, 4.69) is 26.3 Å². The van der Waals surface area contributed by atoms with Crippen LogP contribution in [0.15, 0.2) is 11.2 Å². The van der Waals surface area contributed by atoms with Crippen molar-refractivity contribution >= 4 is 23.4 Å². The molecule has 1 saturated carbocycles. The zero-order valence-corrected chi connectivity index (χ0v) is 13.3. The predicted octanol–water partition coefficient (Wildman–Crippen LogP) is 3.40. The third-order valence-corrected chi connectivity index (χ3v) is 5.49. The number of hydrogen-bond donors (Lipinski definition) is 1. The van der Waals surface area contributed by atoms with E-state index >= 15 is 0 Å². The summed E-state index contributed by atoms with van der Waals surface area (Å²) in [5.74, 6) is 2.00. The third kappa shape index (κ3) is 2.73. The highest BCUT2D eigenvalue weighted by molar-refractivity contribution is 7.98. The Kier molecular flexibility index (Phi) is 4.06. The quantitative estimate of drug-likeness (QED) is 0.683. The molecule has 4 nitrogen and oxygen atoms in total. The number of thioether (sulfide) groups is 1. The summed E-state index contributed by atoms with van der Waals surface area (Å²) in [5, 5.41) is 3.99. The number of piperidine rings is 1. The van der Waals surface area contributed by atoms with Crippen molar-refractivity contribution in [1.29, 1.82) is 0 Å². The van der Waals surface area contributed by atoms with Gasteiger partial charge in [-0.3, -0.25) is 0 Å². The molecule has 0 atom stereocenters. The first-order valence-corrected chi connectivity index (χ1v) is 8.83. The fourth-order valence-corrected chi connectivity index (χ4v) is 4.00. The zero-order valence-electron chi connectivity index (χ0n) is 12.5. The van der Waals surface area contributed by atoms with Crippen LogP contribution in [0.3, 0.4) is 0 Å². The monoisotopic (exact) mass is 292 g/mol. The average molecular weight is 292 g/mol. The summed E-state index contributed by atoms with van der Waals surface area (Å²) in [4.78, 5) is 11.6. The summed E-state index contributed by atoms with van der Waals surface area (Å²) in [5.41, 5.74) is 0.664. The van der Waals surface area contributed by atoms with Crippen molar-refractivity contribution in [3.63, 3.8) is 0 Å². The Morgan fingerprint density at radius 3 is 2.45 bits per heavy atom. The zero-order chi connectivity index (χ0) is 14.0. The normalized spacial score (nSPS) is 21.4. The molecule has 5 heteroatoms. The van der Waals surface area contributed by atoms with E-state index in [-0.39, 0.29) is 0 Å². The number of aromatic nitrogens is 2. The number of rotatable bonds is 3. The molecular formula is C15H24N4S. The van der Waals surface area contributed by atoms with Gasteiger partial charge in [-0.05, 0) is 37.4 Å². The molecule has 0 aromatic carbocycles. The molecule has 1 aliphatic heterocycles. The van der Waals surface area contributed by atoms with Crippen molar-refractivity contribution in [2.24, 2.45) is 5.41 Å². The second-order valence-corrected chi connectivity index (χ2v) is 6.82. The Morgan fingerprint density at radius 1 is 1.15 bits per heavy atom. The maximum absolute atomic E-state index is 4.68. The Balaban J connectivity index is 1.74. The van der Waals surface area contributed by atoms with Crippen LogP contribution in [0.5, 0.6) is 0 Å². The summed E-state index contributed by atoms with van der Waals surface area (Å²) < 4.78 is 0. The number of hydrogen-bond acceptors (Lipinski definition) is 5. The smallest absolute Gasteiger partial charge is 0.191 e. The molecule has 2 aliphatic rings. The van der Waals surface area contributed by atoms with Gasteiger partial charge in [-0.15, -0.1) is 0 Å². The van der Waals surface area contributed by atoms with Crippen LogP contribution in [-0.2, 0) is 0 Å². The Bertz CT molecular complexity index is 439. The van der Waals surface area contributed by atoms with Crippen LogP contribution in [0.2, 0.25) is 0 Å². The van der Waals surface area contributed by atoms with Crippen molar-refractivity contribution in [3.05, 3.63) is 6.07 Å². The molecular weight excluding hydrogens is 268 g/mol. The van der Waals surface area contributed by atoms with E-state index in [1.54, 1.807) is 11.8 Å². The number of anilines is 2. The molecule has 1 aliphatic carbocycles. The van der Waals surface area contributed by atoms with Crippen molar-refractivity contribution in [2.75, 3.05) is 36.6 Å². The molecule has 2 heterocycles. The average Bonchev–Trinajstić information content (AvgIpc) is 2.95. The van der Waals surface area contributed by atoms with Gasteiger partial charge in [-0.25, -0.2) is 9.97 Å². The van der Waals surface area contributed by atoms with Crippen LogP contribution in [0.1, 0.15) is 38.5 Å². The van der Waals surface area contributed by atoms with Gasteiger partial charge < -0.3 is 10.2 Å². The van der Waals surface area contributed by atoms with Crippen molar-refractivity contribution in [2.45, 2.75) is 43.7 Å². The topological polar surface area (TPSA) is 41.0 Å². The highest BCUT2D eigenvalue weighted by atomic mass is 32.2. The van der Waals surface area contributed by atoms with Gasteiger partial charge in [-0.1, -0.05) is 24.6 Å². The fourth-order valence-electron chi connectivity index (χ4n) is 3.63. The molecule has 110 valence electrons. The van der Waals surface area contributed by atoms with E-state index in [0.717, 1.165) is 29.9 Å². The summed E-state index contributed by atoms with van der Waals surface area (Å²) >= 11 is 1.61. The predicted molar refractivity (Wildman–Crippen MR) is 85.7 cm³/mol. The van der Waals surface area contributed by atoms with E-state index in [1.807, 2.05) is 13.3 Å². The number of nitrogens with one attached hydrogen (secondary N) is 1. The molecule has 0 radical (unpaired) electrons. The minimum absolute atomic E-state index is 0.664. The summed E-state index contributed by atoms with van der Waals surface area (Å²) in [6.45, 7) is 2.29. The molecule has 20 heavy (non-hydrogen) atoms. The second-order valence-electron chi connectivity index (χ2n) is 6.04. The van der Waals surface area contributed by atoms with Crippen LogP contribution < -0.4 is 10.2 Å². The highest BCUT2D eigenvalue weighted by Gasteiger charge is 2.37. The first-order chi connectivity index (χ1) is 9.74. The molecule has 1 saturated heterocycles. The third-order valence-electron chi connectivity index (χ3n) is 4.94. The van der Waals surface area contributed by atoms with Gasteiger partial charge in [0.1, 0.15) is 11.6 Å². The molecule has 3 rings (SSSR count). The van der Waals surface area contributed by atoms with E-state index in [1.165, 1.54) is 38.5 Å². The van der Waals surface area contributed by atoms with Gasteiger partial charge >= 0.3 is 0 Å². The SMILES string of the molecule is CNc1cc(N2CCC3(CCCC3)CC2)nc(SC)n1. The largest absolute Gasteiger partial charge is 0.373 e. The van der Waals surface area contributed by atoms with E-state index in [0.29, 0.717) is 5.41 Å². The number of nitrogens with zero attached hydrogens (tertiary/aromatic N) is 3. The first-order valence-electron chi connectivity index (χ1n) is 7.60. The molecule has 1 aromatic rings. The van der Waals surface area contributed by atoms with Crippen molar-refractivity contribution in [1.82, 2.24) is 9.97 Å². The minimum Gasteiger partial charge on any atom is -0.373 e. The lowest BCUT2D eigenvalue weighted by Crippen LogP contribution is -2.39. The van der Waals surface area contributed by atoms with Gasteiger partial charge in [0, 0.05) is 26.2 Å². The molecule has 0 amide bonds. The molecule has 1 aromatic heterocycles. The van der Waals surface area contributed by atoms with Crippen LogP contribution >= 0.6 is 11.8 Å². The Hall–Kier alpha value is -0.970. The summed E-state index contributed by atoms with van der Waals surface area (Å²) in [6, 6.07) is 2.08. The maximum Gasteiger partial charge on any atom is 0.191 e. The van der Waals surface area contributed by atoms with E-state index in [9.17, 15) is 0 Å². The van der Waals surface area contributed by atoms with Crippen molar-refractivity contribution in [3.8, 4) is 0 Å². The summed E-state index contributed by atoms with van der Waals surface area (Å²) in [6.07, 6.45) is 10.5. The fraction of sp³-hybridized carbons (Fsp3) is 0.733. The molecule has 2 fully saturated rings. The first kappa shape index (κ1) is 14.0. The van der Waals surface area contributed by atoms with Gasteiger partial charge in [0.15, 0.2) is 5.16 Å². The van der Waals surface area contributed by atoms with Gasteiger partial charge in [-0.2, -0.15) is 0 Å². The lowest BCUT2D eigenvalue weighted by Gasteiger charge is -2.40. The standard InChI is InChI=1S/C15H24N4S/c1-16-12-11-13(18-14(17-12)20-2)19-9-7-15(8-10-19)5-3-4-6-15/h11H,3-10H2,1-2H3,(H,16,17,18). The van der Waals surface area contributed by atoms with Gasteiger partial charge in [0.25, 0.3) is 0 Å². The Morgan fingerprint density at radius 2 is 1.85 bits per heavy atom.